The van der Waals surface area contributed by atoms with E-state index in [0.717, 1.165) is 44.8 Å². The summed E-state index contributed by atoms with van der Waals surface area (Å²) in [5.74, 6) is 0.662. The van der Waals surface area contributed by atoms with E-state index in [4.69, 9.17) is 9.97 Å². The Hall–Kier alpha value is -8.19. The van der Waals surface area contributed by atoms with Gasteiger partial charge in [-0.3, -0.25) is 0 Å². The van der Waals surface area contributed by atoms with Crippen LogP contribution in [0.4, 0.5) is 0 Å². The predicted molar refractivity (Wildman–Crippen MR) is 250 cm³/mol. The van der Waals surface area contributed by atoms with E-state index >= 15 is 0 Å². The number of hydrogen-bond donors (Lipinski definition) is 0. The summed E-state index contributed by atoms with van der Waals surface area (Å²) in [5, 5.41) is 24.3. The van der Waals surface area contributed by atoms with Gasteiger partial charge in [0.05, 0.1) is 23.0 Å². The summed E-state index contributed by atoms with van der Waals surface area (Å²) in [6, 6.07) is 73.5. The Morgan fingerprint density at radius 1 is 0.300 bits per heavy atom. The molecule has 0 spiro atoms. The van der Waals surface area contributed by atoms with E-state index in [-0.39, 0.29) is 0 Å². The third-order valence-electron chi connectivity index (χ3n) is 12.2. The van der Waals surface area contributed by atoms with Crippen LogP contribution in [-0.2, 0) is 0 Å². The largest absolute Gasteiger partial charge is 0.228 e. The molecule has 0 N–H and O–H groups in total. The van der Waals surface area contributed by atoms with E-state index in [1.165, 1.54) is 70.2 Å². The number of benzene rings is 10. The zero-order valence-corrected chi connectivity index (χ0v) is 32.4. The Kier molecular flexibility index (Phi) is 7.60. The molecule has 1 aromatic heterocycles. The average molecular weight is 760 g/mol. The van der Waals surface area contributed by atoms with E-state index in [9.17, 15) is 5.26 Å². The minimum absolute atomic E-state index is 0.639. The lowest BCUT2D eigenvalue weighted by molar-refractivity contribution is 1.18. The molecule has 1 heterocycles. The van der Waals surface area contributed by atoms with Gasteiger partial charge in [0, 0.05) is 16.7 Å². The molecule has 0 amide bonds. The summed E-state index contributed by atoms with van der Waals surface area (Å²) in [5.41, 5.74) is 9.69. The van der Waals surface area contributed by atoms with Gasteiger partial charge in [-0.15, -0.1) is 0 Å². The van der Waals surface area contributed by atoms with Crippen LogP contribution in [0.2, 0.25) is 0 Å². The first-order valence-corrected chi connectivity index (χ1v) is 20.3. The Balaban J connectivity index is 1.13. The summed E-state index contributed by atoms with van der Waals surface area (Å²) in [7, 11) is 0. The second-order valence-electron chi connectivity index (χ2n) is 15.6. The number of aromatic nitrogens is 2. The fraction of sp³-hybridized carbons (Fsp3) is 0. The summed E-state index contributed by atoms with van der Waals surface area (Å²) in [4.78, 5) is 10.7. The van der Waals surface area contributed by atoms with Gasteiger partial charge >= 0.3 is 0 Å². The molecule has 0 aliphatic rings. The van der Waals surface area contributed by atoms with Crippen molar-refractivity contribution in [3.8, 4) is 62.2 Å². The smallest absolute Gasteiger partial charge is 0.160 e. The lowest BCUT2D eigenvalue weighted by Gasteiger charge is -2.17. The van der Waals surface area contributed by atoms with Crippen LogP contribution in [0.25, 0.3) is 121 Å². The molecule has 0 saturated carbocycles. The molecule has 3 nitrogen and oxygen atoms in total. The minimum Gasteiger partial charge on any atom is -0.228 e. The van der Waals surface area contributed by atoms with Gasteiger partial charge in [0.2, 0.25) is 0 Å². The minimum atomic E-state index is 0.639. The summed E-state index contributed by atoms with van der Waals surface area (Å²) < 4.78 is 0. The Morgan fingerprint density at radius 3 is 1.40 bits per heavy atom. The third kappa shape index (κ3) is 5.43. The summed E-state index contributed by atoms with van der Waals surface area (Å²) >= 11 is 0. The maximum absolute atomic E-state index is 9.42. The van der Waals surface area contributed by atoms with E-state index in [1.54, 1.807) is 0 Å². The van der Waals surface area contributed by atoms with Crippen LogP contribution in [0.15, 0.2) is 200 Å². The standard InChI is InChI=1S/C57H33N3/c58-34-35-18-20-38(21-19-35)43-13-4-14-44(30-43)51-33-52(60-57(59-51)42-27-22-37(23-28-42)36-8-2-1-3-9-36)46-31-45-29-26-41-11-6-16-48-47-15-5-10-39-24-25-40-12-7-17-49(55(40)53(39)47)50(32-46)56(45)54(41)48/h1-33H. The quantitative estimate of drug-likeness (QED) is 0.164. The van der Waals surface area contributed by atoms with Crippen LogP contribution in [0.1, 0.15) is 5.56 Å². The van der Waals surface area contributed by atoms with Crippen molar-refractivity contribution in [3.05, 3.63) is 206 Å². The Bertz CT molecular complexity index is 3690. The highest BCUT2D eigenvalue weighted by Gasteiger charge is 2.18. The van der Waals surface area contributed by atoms with Gasteiger partial charge in [-0.25, -0.2) is 9.97 Å². The Labute approximate surface area is 346 Å². The van der Waals surface area contributed by atoms with E-state index in [2.05, 4.69) is 176 Å². The first-order chi connectivity index (χ1) is 29.7. The molecule has 0 unspecified atom stereocenters. The van der Waals surface area contributed by atoms with Gasteiger partial charge in [0.1, 0.15) is 0 Å². The van der Waals surface area contributed by atoms with Crippen LogP contribution in [0, 0.1) is 11.3 Å². The SMILES string of the molecule is N#Cc1ccc(-c2cccc(-c3cc(-c4cc5ccc6cccc7c8cccc9ccc%10cccc(c(c4)c5c67)c%10c98)nc(-c4ccc(-c5ccccc5)cc4)n3)c2)cc1. The molecule has 12 rings (SSSR count). The third-order valence-corrected chi connectivity index (χ3v) is 12.2. The first kappa shape index (κ1) is 33.9. The Morgan fingerprint density at radius 2 is 0.767 bits per heavy atom. The van der Waals surface area contributed by atoms with Gasteiger partial charge < -0.3 is 0 Å². The number of nitriles is 1. The molecule has 60 heavy (non-hydrogen) atoms. The molecular formula is C57H33N3. The van der Waals surface area contributed by atoms with Crippen molar-refractivity contribution < 1.29 is 0 Å². The van der Waals surface area contributed by atoms with E-state index in [1.807, 2.05) is 30.3 Å². The van der Waals surface area contributed by atoms with Crippen molar-refractivity contribution in [1.82, 2.24) is 9.97 Å². The van der Waals surface area contributed by atoms with Crippen molar-refractivity contribution >= 4 is 64.6 Å². The fourth-order valence-corrected chi connectivity index (χ4v) is 9.34. The van der Waals surface area contributed by atoms with Gasteiger partial charge in [0.25, 0.3) is 0 Å². The highest BCUT2D eigenvalue weighted by Crippen LogP contribution is 2.44. The summed E-state index contributed by atoms with van der Waals surface area (Å²) in [6.45, 7) is 0. The average Bonchev–Trinajstić information content (AvgIpc) is 3.32. The molecule has 3 heteroatoms. The maximum atomic E-state index is 9.42. The molecule has 0 fully saturated rings. The van der Waals surface area contributed by atoms with Crippen LogP contribution >= 0.6 is 0 Å². The molecular weight excluding hydrogens is 727 g/mol. The topological polar surface area (TPSA) is 49.6 Å². The maximum Gasteiger partial charge on any atom is 0.160 e. The number of rotatable bonds is 5. The van der Waals surface area contributed by atoms with Crippen molar-refractivity contribution in [2.75, 3.05) is 0 Å². The van der Waals surface area contributed by atoms with Crippen LogP contribution in [-0.4, -0.2) is 9.97 Å². The molecule has 0 aliphatic heterocycles. The summed E-state index contributed by atoms with van der Waals surface area (Å²) in [6.07, 6.45) is 0. The highest BCUT2D eigenvalue weighted by molar-refractivity contribution is 6.37. The number of nitrogens with zero attached hydrogens (tertiary/aromatic N) is 3. The molecule has 11 aromatic carbocycles. The number of hydrogen-bond acceptors (Lipinski definition) is 3. The zero-order valence-electron chi connectivity index (χ0n) is 32.4. The van der Waals surface area contributed by atoms with Crippen LogP contribution < -0.4 is 0 Å². The molecule has 0 radical (unpaired) electrons. The zero-order chi connectivity index (χ0) is 39.7. The van der Waals surface area contributed by atoms with Gasteiger partial charge in [-0.2, -0.15) is 5.26 Å². The first-order valence-electron chi connectivity index (χ1n) is 20.3. The lowest BCUT2D eigenvalue weighted by atomic mass is 9.87. The van der Waals surface area contributed by atoms with Gasteiger partial charge in [0.15, 0.2) is 5.82 Å². The second-order valence-corrected chi connectivity index (χ2v) is 15.6. The van der Waals surface area contributed by atoms with Crippen molar-refractivity contribution in [2.24, 2.45) is 0 Å². The number of fused-ring (bicyclic) bond motifs is 2. The monoisotopic (exact) mass is 759 g/mol. The van der Waals surface area contributed by atoms with Crippen LogP contribution in [0.5, 0.6) is 0 Å². The fourth-order valence-electron chi connectivity index (χ4n) is 9.34. The predicted octanol–water partition coefficient (Wildman–Crippen LogP) is 15.0. The molecule has 0 bridgehead atoms. The van der Waals surface area contributed by atoms with Crippen molar-refractivity contribution in [3.63, 3.8) is 0 Å². The highest BCUT2D eigenvalue weighted by atomic mass is 14.9. The second kappa shape index (κ2) is 13.5. The van der Waals surface area contributed by atoms with Crippen LogP contribution in [0.3, 0.4) is 0 Å². The van der Waals surface area contributed by atoms with E-state index in [0.29, 0.717) is 11.4 Å². The van der Waals surface area contributed by atoms with Crippen molar-refractivity contribution in [1.29, 1.82) is 5.26 Å². The molecule has 0 saturated heterocycles. The normalized spacial score (nSPS) is 11.7. The van der Waals surface area contributed by atoms with Gasteiger partial charge in [-0.1, -0.05) is 164 Å². The molecule has 0 atom stereocenters. The molecule has 12 aromatic rings. The molecule has 0 aliphatic carbocycles. The van der Waals surface area contributed by atoms with E-state index < -0.39 is 0 Å². The van der Waals surface area contributed by atoms with Crippen molar-refractivity contribution in [2.45, 2.75) is 0 Å². The molecule has 276 valence electrons. The lowest BCUT2D eigenvalue weighted by Crippen LogP contribution is -1.97. The van der Waals surface area contributed by atoms with Gasteiger partial charge in [-0.05, 0) is 123 Å².